The van der Waals surface area contributed by atoms with Gasteiger partial charge in [-0.2, -0.15) is 0 Å². The van der Waals surface area contributed by atoms with E-state index in [0.29, 0.717) is 18.1 Å². The number of benzene rings is 1. The second-order valence-electron chi connectivity index (χ2n) is 3.16. The second-order valence-corrected chi connectivity index (χ2v) is 3.53. The van der Waals surface area contributed by atoms with Crippen LogP contribution in [0.25, 0.3) is 10.9 Å². The summed E-state index contributed by atoms with van der Waals surface area (Å²) in [5, 5.41) is 11.0. The number of aromatic hydroxyl groups is 1. The van der Waals surface area contributed by atoms with Crippen molar-refractivity contribution in [2.45, 2.75) is 6.42 Å². The highest BCUT2D eigenvalue weighted by Crippen LogP contribution is 2.32. The molecular formula is C10H11ClN2O. The highest BCUT2D eigenvalue weighted by atomic mass is 35.5. The van der Waals surface area contributed by atoms with E-state index in [1.54, 1.807) is 12.1 Å². The maximum Gasteiger partial charge on any atom is 0.125 e. The molecule has 0 atom stereocenters. The van der Waals surface area contributed by atoms with Crippen LogP contribution in [0, 0.1) is 0 Å². The smallest absolute Gasteiger partial charge is 0.125 e. The van der Waals surface area contributed by atoms with Crippen LogP contribution in [0.2, 0.25) is 5.15 Å². The molecule has 0 unspecified atom stereocenters. The van der Waals surface area contributed by atoms with Crippen LogP contribution in [-0.4, -0.2) is 16.6 Å². The largest absolute Gasteiger partial charge is 0.507 e. The van der Waals surface area contributed by atoms with Gasteiger partial charge in [0.05, 0.1) is 5.52 Å². The van der Waals surface area contributed by atoms with Crippen LogP contribution in [0.15, 0.2) is 18.2 Å². The molecule has 1 heterocycles. The summed E-state index contributed by atoms with van der Waals surface area (Å²) in [7, 11) is 0. The number of phenolic OH excluding ortho intramolecular Hbond substituents is 1. The SMILES string of the molecule is NCCc1c(Cl)[nH]c2cccc(O)c12. The number of aromatic nitrogens is 1. The Balaban J connectivity index is 2.73. The molecule has 0 spiro atoms. The predicted molar refractivity (Wildman–Crippen MR) is 57.7 cm³/mol. The number of hydrogen-bond acceptors (Lipinski definition) is 2. The van der Waals surface area contributed by atoms with Gasteiger partial charge in [0.1, 0.15) is 10.9 Å². The third-order valence-electron chi connectivity index (χ3n) is 2.25. The van der Waals surface area contributed by atoms with E-state index in [4.69, 9.17) is 17.3 Å². The summed E-state index contributed by atoms with van der Waals surface area (Å²) < 4.78 is 0. The summed E-state index contributed by atoms with van der Waals surface area (Å²) in [5.41, 5.74) is 7.21. The summed E-state index contributed by atoms with van der Waals surface area (Å²) in [4.78, 5) is 3.00. The average molecular weight is 211 g/mol. The molecule has 4 N–H and O–H groups in total. The molecule has 4 heteroatoms. The molecule has 0 aliphatic heterocycles. The van der Waals surface area contributed by atoms with Gasteiger partial charge in [0, 0.05) is 10.9 Å². The Labute approximate surface area is 86.5 Å². The molecule has 0 aliphatic rings. The zero-order valence-electron chi connectivity index (χ0n) is 7.55. The number of hydrogen-bond donors (Lipinski definition) is 3. The summed E-state index contributed by atoms with van der Waals surface area (Å²) in [6.07, 6.45) is 0.663. The molecule has 0 bridgehead atoms. The van der Waals surface area contributed by atoms with Gasteiger partial charge in [-0.25, -0.2) is 0 Å². The first-order valence-corrected chi connectivity index (χ1v) is 4.80. The van der Waals surface area contributed by atoms with Crippen LogP contribution in [-0.2, 0) is 6.42 Å². The van der Waals surface area contributed by atoms with Gasteiger partial charge >= 0.3 is 0 Å². The standard InChI is InChI=1S/C10H11ClN2O/c11-10-6(4-5-12)9-7(13-10)2-1-3-8(9)14/h1-3,13-14H,4-5,12H2. The van der Waals surface area contributed by atoms with E-state index in [9.17, 15) is 5.11 Å². The fraction of sp³-hybridized carbons (Fsp3) is 0.200. The average Bonchev–Trinajstić information content (AvgIpc) is 2.45. The van der Waals surface area contributed by atoms with Gasteiger partial charge in [0.25, 0.3) is 0 Å². The highest BCUT2D eigenvalue weighted by Gasteiger charge is 2.11. The summed E-state index contributed by atoms with van der Waals surface area (Å²) in [6, 6.07) is 5.30. The Morgan fingerprint density at radius 3 is 2.93 bits per heavy atom. The van der Waals surface area contributed by atoms with Crippen LogP contribution in [0.3, 0.4) is 0 Å². The van der Waals surface area contributed by atoms with Crippen molar-refractivity contribution in [2.75, 3.05) is 6.54 Å². The van der Waals surface area contributed by atoms with E-state index in [-0.39, 0.29) is 5.75 Å². The third kappa shape index (κ3) is 1.35. The molecule has 0 saturated heterocycles. The lowest BCUT2D eigenvalue weighted by molar-refractivity contribution is 0.481. The fourth-order valence-electron chi connectivity index (χ4n) is 1.64. The minimum Gasteiger partial charge on any atom is -0.507 e. The summed E-state index contributed by atoms with van der Waals surface area (Å²) in [6.45, 7) is 0.515. The predicted octanol–water partition coefficient (Wildman–Crippen LogP) is 2.03. The molecule has 74 valence electrons. The molecule has 0 fully saturated rings. The van der Waals surface area contributed by atoms with Crippen LogP contribution >= 0.6 is 11.6 Å². The molecule has 2 rings (SSSR count). The first-order valence-electron chi connectivity index (χ1n) is 4.42. The van der Waals surface area contributed by atoms with Gasteiger partial charge in [0.15, 0.2) is 0 Å². The Kier molecular flexibility index (Phi) is 2.35. The normalized spacial score (nSPS) is 11.0. The topological polar surface area (TPSA) is 62.0 Å². The Bertz CT molecular complexity index is 464. The molecule has 0 radical (unpaired) electrons. The number of phenols is 1. The van der Waals surface area contributed by atoms with Crippen molar-refractivity contribution in [1.29, 1.82) is 0 Å². The monoisotopic (exact) mass is 210 g/mol. The van der Waals surface area contributed by atoms with Crippen molar-refractivity contribution >= 4 is 22.5 Å². The number of H-pyrrole nitrogens is 1. The number of nitrogens with two attached hydrogens (primary N) is 1. The Morgan fingerprint density at radius 1 is 1.43 bits per heavy atom. The van der Waals surface area contributed by atoms with Crippen molar-refractivity contribution in [3.63, 3.8) is 0 Å². The zero-order chi connectivity index (χ0) is 10.1. The van der Waals surface area contributed by atoms with Crippen LogP contribution in [0.5, 0.6) is 5.75 Å². The summed E-state index contributed by atoms with van der Waals surface area (Å²) >= 11 is 6.00. The number of halogens is 1. The molecule has 2 aromatic rings. The fourth-order valence-corrected chi connectivity index (χ4v) is 1.93. The van der Waals surface area contributed by atoms with Gasteiger partial charge in [-0.1, -0.05) is 17.7 Å². The number of aromatic amines is 1. The van der Waals surface area contributed by atoms with Crippen LogP contribution in [0.4, 0.5) is 0 Å². The Hall–Kier alpha value is -1.19. The molecule has 0 amide bonds. The third-order valence-corrected chi connectivity index (χ3v) is 2.57. The first-order chi connectivity index (χ1) is 6.74. The number of nitrogens with one attached hydrogen (secondary N) is 1. The van der Waals surface area contributed by atoms with E-state index in [1.165, 1.54) is 0 Å². The van der Waals surface area contributed by atoms with Crippen molar-refractivity contribution in [2.24, 2.45) is 5.73 Å². The van der Waals surface area contributed by atoms with E-state index in [1.807, 2.05) is 6.07 Å². The number of fused-ring (bicyclic) bond motifs is 1. The van der Waals surface area contributed by atoms with Gasteiger partial charge in [0.2, 0.25) is 0 Å². The molecule has 1 aromatic heterocycles. The maximum atomic E-state index is 9.67. The van der Waals surface area contributed by atoms with Crippen LogP contribution in [0.1, 0.15) is 5.56 Å². The van der Waals surface area contributed by atoms with Crippen molar-refractivity contribution in [1.82, 2.24) is 4.98 Å². The van der Waals surface area contributed by atoms with Crippen molar-refractivity contribution < 1.29 is 5.11 Å². The number of rotatable bonds is 2. The molecular weight excluding hydrogens is 200 g/mol. The minimum absolute atomic E-state index is 0.245. The van der Waals surface area contributed by atoms with Crippen LogP contribution < -0.4 is 5.73 Å². The van der Waals surface area contributed by atoms with E-state index >= 15 is 0 Å². The summed E-state index contributed by atoms with van der Waals surface area (Å²) in [5.74, 6) is 0.245. The van der Waals surface area contributed by atoms with E-state index in [2.05, 4.69) is 4.98 Å². The molecule has 0 aliphatic carbocycles. The minimum atomic E-state index is 0.245. The van der Waals surface area contributed by atoms with Gasteiger partial charge in [-0.15, -0.1) is 0 Å². The molecule has 0 saturated carbocycles. The lowest BCUT2D eigenvalue weighted by atomic mass is 10.1. The van der Waals surface area contributed by atoms with Gasteiger partial charge in [-0.3, -0.25) is 0 Å². The lowest BCUT2D eigenvalue weighted by Crippen LogP contribution is -2.02. The maximum absolute atomic E-state index is 9.67. The van der Waals surface area contributed by atoms with Gasteiger partial charge in [-0.05, 0) is 25.1 Å². The van der Waals surface area contributed by atoms with Crippen molar-refractivity contribution in [3.8, 4) is 5.75 Å². The van der Waals surface area contributed by atoms with E-state index < -0.39 is 0 Å². The first kappa shape index (κ1) is 9.37. The lowest BCUT2D eigenvalue weighted by Gasteiger charge is -1.99. The molecule has 3 nitrogen and oxygen atoms in total. The second kappa shape index (κ2) is 3.52. The highest BCUT2D eigenvalue weighted by molar-refractivity contribution is 6.31. The Morgan fingerprint density at radius 2 is 2.21 bits per heavy atom. The van der Waals surface area contributed by atoms with Gasteiger partial charge < -0.3 is 15.8 Å². The quantitative estimate of drug-likeness (QED) is 0.710. The zero-order valence-corrected chi connectivity index (χ0v) is 8.30. The molecule has 1 aromatic carbocycles. The molecule has 14 heavy (non-hydrogen) atoms. The van der Waals surface area contributed by atoms with E-state index in [0.717, 1.165) is 16.5 Å². The van der Waals surface area contributed by atoms with Crippen molar-refractivity contribution in [3.05, 3.63) is 28.9 Å².